The van der Waals surface area contributed by atoms with E-state index in [9.17, 15) is 0 Å². The number of nitrogens with zero attached hydrogens (tertiary/aromatic N) is 4. The fraction of sp³-hybridized carbons (Fsp3) is 0.348. The Hall–Kier alpha value is -3.15. The normalized spacial score (nSPS) is 11.6. The lowest BCUT2D eigenvalue weighted by molar-refractivity contribution is 0.783. The molecule has 0 fully saturated rings. The molecule has 3 rings (SSSR count). The number of aliphatic imine (C=N–C) groups is 1. The summed E-state index contributed by atoms with van der Waals surface area (Å²) in [5.41, 5.74) is 7.11. The molecule has 29 heavy (non-hydrogen) atoms. The van der Waals surface area contributed by atoms with Crippen LogP contribution in [0.15, 0.2) is 47.6 Å². The number of hydrogen-bond donors (Lipinski definition) is 2. The summed E-state index contributed by atoms with van der Waals surface area (Å²) in [5.74, 6) is 1.62. The lowest BCUT2D eigenvalue weighted by atomic mass is 10.1. The Kier molecular flexibility index (Phi) is 6.65. The topological polar surface area (TPSA) is 67.1 Å². The van der Waals surface area contributed by atoms with Crippen LogP contribution in [-0.2, 0) is 13.0 Å². The molecule has 0 aliphatic heterocycles. The van der Waals surface area contributed by atoms with Gasteiger partial charge in [-0.15, -0.1) is 0 Å². The molecule has 2 heterocycles. The van der Waals surface area contributed by atoms with Crippen LogP contribution in [0.4, 0.5) is 0 Å². The Labute approximate surface area is 173 Å². The summed E-state index contributed by atoms with van der Waals surface area (Å²) in [5, 5.41) is 11.2. The third kappa shape index (κ3) is 5.67. The summed E-state index contributed by atoms with van der Waals surface area (Å²) in [6.07, 6.45) is 2.84. The summed E-state index contributed by atoms with van der Waals surface area (Å²) >= 11 is 0. The first-order chi connectivity index (χ1) is 13.9. The summed E-state index contributed by atoms with van der Waals surface area (Å²) in [4.78, 5) is 8.85. The van der Waals surface area contributed by atoms with Gasteiger partial charge in [-0.2, -0.15) is 5.10 Å². The zero-order chi connectivity index (χ0) is 20.8. The Bertz CT molecular complexity index is 965. The van der Waals surface area contributed by atoms with Crippen molar-refractivity contribution in [2.75, 3.05) is 13.6 Å². The number of aryl methyl sites for hydroxylation is 4. The van der Waals surface area contributed by atoms with Gasteiger partial charge in [0.1, 0.15) is 0 Å². The van der Waals surface area contributed by atoms with Gasteiger partial charge in [0, 0.05) is 32.0 Å². The summed E-state index contributed by atoms with van der Waals surface area (Å²) in [6, 6.07) is 12.8. The van der Waals surface area contributed by atoms with Crippen molar-refractivity contribution in [1.82, 2.24) is 25.4 Å². The van der Waals surface area contributed by atoms with E-state index < -0.39 is 0 Å². The predicted molar refractivity (Wildman–Crippen MR) is 119 cm³/mol. The van der Waals surface area contributed by atoms with Crippen LogP contribution in [0.1, 0.15) is 33.6 Å². The quantitative estimate of drug-likeness (QED) is 0.500. The van der Waals surface area contributed by atoms with Crippen molar-refractivity contribution < 1.29 is 0 Å². The van der Waals surface area contributed by atoms with E-state index in [0.717, 1.165) is 41.7 Å². The van der Waals surface area contributed by atoms with E-state index in [1.807, 2.05) is 36.9 Å². The zero-order valence-corrected chi connectivity index (χ0v) is 18.0. The number of guanidine groups is 1. The monoisotopic (exact) mass is 390 g/mol. The van der Waals surface area contributed by atoms with Crippen LogP contribution >= 0.6 is 0 Å². The number of rotatable bonds is 6. The van der Waals surface area contributed by atoms with Crippen LogP contribution in [-0.4, -0.2) is 34.3 Å². The van der Waals surface area contributed by atoms with Crippen LogP contribution < -0.4 is 10.6 Å². The first kappa shape index (κ1) is 20.6. The Morgan fingerprint density at radius 1 is 0.966 bits per heavy atom. The van der Waals surface area contributed by atoms with E-state index >= 15 is 0 Å². The minimum absolute atomic E-state index is 0.660. The molecule has 0 saturated heterocycles. The number of hydrogen-bond acceptors (Lipinski definition) is 3. The fourth-order valence-corrected chi connectivity index (χ4v) is 3.45. The standard InChI is InChI=1S/C23H30N6/c1-16-10-17(2)12-20(11-16)8-9-25-23(24-5)27-15-21-6-7-22(26-14-21)29-19(4)13-18(3)28-29/h6-7,10-14H,8-9,15H2,1-5H3,(H2,24,25,27). The second kappa shape index (κ2) is 9.37. The molecule has 152 valence electrons. The largest absolute Gasteiger partial charge is 0.356 e. The highest BCUT2D eigenvalue weighted by molar-refractivity contribution is 5.79. The van der Waals surface area contributed by atoms with Gasteiger partial charge in [-0.3, -0.25) is 4.99 Å². The molecule has 3 aromatic rings. The molecule has 6 heteroatoms. The third-order valence-electron chi connectivity index (χ3n) is 4.71. The Morgan fingerprint density at radius 2 is 1.72 bits per heavy atom. The molecule has 0 unspecified atom stereocenters. The molecule has 0 atom stereocenters. The van der Waals surface area contributed by atoms with Gasteiger partial charge in [-0.25, -0.2) is 9.67 Å². The van der Waals surface area contributed by atoms with E-state index in [0.29, 0.717) is 6.54 Å². The van der Waals surface area contributed by atoms with Gasteiger partial charge in [0.15, 0.2) is 11.8 Å². The molecule has 0 bridgehead atoms. The van der Waals surface area contributed by atoms with Crippen LogP contribution in [0.5, 0.6) is 0 Å². The molecule has 6 nitrogen and oxygen atoms in total. The van der Waals surface area contributed by atoms with Crippen molar-refractivity contribution in [3.8, 4) is 5.82 Å². The first-order valence-electron chi connectivity index (χ1n) is 9.95. The van der Waals surface area contributed by atoms with E-state index in [2.05, 4.69) is 63.8 Å². The molecular formula is C23H30N6. The molecule has 0 saturated carbocycles. The maximum absolute atomic E-state index is 4.55. The van der Waals surface area contributed by atoms with Crippen molar-refractivity contribution in [2.24, 2.45) is 4.99 Å². The predicted octanol–water partition coefficient (Wildman–Crippen LogP) is 3.41. The smallest absolute Gasteiger partial charge is 0.191 e. The zero-order valence-electron chi connectivity index (χ0n) is 18.0. The summed E-state index contributed by atoms with van der Waals surface area (Å²) in [6.45, 7) is 9.79. The Morgan fingerprint density at radius 3 is 2.31 bits per heavy atom. The number of pyridine rings is 1. The number of benzene rings is 1. The van der Waals surface area contributed by atoms with Crippen LogP contribution in [0.25, 0.3) is 5.82 Å². The van der Waals surface area contributed by atoms with Crippen molar-refractivity contribution in [1.29, 1.82) is 0 Å². The molecular weight excluding hydrogens is 360 g/mol. The molecule has 0 amide bonds. The third-order valence-corrected chi connectivity index (χ3v) is 4.71. The lowest BCUT2D eigenvalue weighted by Crippen LogP contribution is -2.37. The average Bonchev–Trinajstić information content (AvgIpc) is 3.02. The highest BCUT2D eigenvalue weighted by atomic mass is 15.3. The molecule has 0 radical (unpaired) electrons. The second-order valence-electron chi connectivity index (χ2n) is 7.46. The average molecular weight is 391 g/mol. The molecule has 0 spiro atoms. The maximum atomic E-state index is 4.55. The van der Waals surface area contributed by atoms with E-state index in [1.54, 1.807) is 7.05 Å². The lowest BCUT2D eigenvalue weighted by Gasteiger charge is -2.13. The number of nitrogens with one attached hydrogen (secondary N) is 2. The van der Waals surface area contributed by atoms with Crippen LogP contribution in [0.2, 0.25) is 0 Å². The van der Waals surface area contributed by atoms with Gasteiger partial charge in [0.25, 0.3) is 0 Å². The second-order valence-corrected chi connectivity index (χ2v) is 7.46. The van der Waals surface area contributed by atoms with Gasteiger partial charge < -0.3 is 10.6 Å². The van der Waals surface area contributed by atoms with Crippen molar-refractivity contribution in [2.45, 2.75) is 40.7 Å². The van der Waals surface area contributed by atoms with Gasteiger partial charge >= 0.3 is 0 Å². The highest BCUT2D eigenvalue weighted by Gasteiger charge is 2.05. The fourth-order valence-electron chi connectivity index (χ4n) is 3.45. The summed E-state index contributed by atoms with van der Waals surface area (Å²) < 4.78 is 1.86. The maximum Gasteiger partial charge on any atom is 0.191 e. The SMILES string of the molecule is CN=C(NCCc1cc(C)cc(C)c1)NCc1ccc(-n2nc(C)cc2C)nc1. The molecule has 2 N–H and O–H groups in total. The van der Waals surface area contributed by atoms with Gasteiger partial charge in [0.05, 0.1) is 5.69 Å². The van der Waals surface area contributed by atoms with E-state index in [1.165, 1.54) is 16.7 Å². The minimum Gasteiger partial charge on any atom is -0.356 e. The van der Waals surface area contributed by atoms with E-state index in [4.69, 9.17) is 0 Å². The van der Waals surface area contributed by atoms with Gasteiger partial charge in [-0.1, -0.05) is 35.4 Å². The highest BCUT2D eigenvalue weighted by Crippen LogP contribution is 2.11. The van der Waals surface area contributed by atoms with Crippen molar-refractivity contribution >= 4 is 5.96 Å². The molecule has 0 aliphatic carbocycles. The first-order valence-corrected chi connectivity index (χ1v) is 9.95. The minimum atomic E-state index is 0.660. The van der Waals surface area contributed by atoms with Crippen LogP contribution in [0, 0.1) is 27.7 Å². The molecule has 2 aromatic heterocycles. The van der Waals surface area contributed by atoms with Crippen molar-refractivity contribution in [3.05, 3.63) is 76.2 Å². The number of aromatic nitrogens is 3. The van der Waals surface area contributed by atoms with Crippen LogP contribution in [0.3, 0.4) is 0 Å². The Balaban J connectivity index is 1.50. The van der Waals surface area contributed by atoms with E-state index in [-0.39, 0.29) is 0 Å². The van der Waals surface area contributed by atoms with Crippen molar-refractivity contribution in [3.63, 3.8) is 0 Å². The van der Waals surface area contributed by atoms with Gasteiger partial charge in [-0.05, 0) is 57.4 Å². The molecule has 0 aliphatic rings. The molecule has 1 aromatic carbocycles. The summed E-state index contributed by atoms with van der Waals surface area (Å²) in [7, 11) is 1.79. The van der Waals surface area contributed by atoms with Gasteiger partial charge in [0.2, 0.25) is 0 Å².